The average Bonchev–Trinajstić information content (AvgIpc) is 2.71. The fraction of sp³-hybridized carbons (Fsp3) is 0.316. The van der Waals surface area contributed by atoms with E-state index in [-0.39, 0.29) is 23.7 Å². The number of rotatable bonds is 10. The number of hydrogen-bond acceptors (Lipinski definition) is 7. The molecule has 2 atom stereocenters. The predicted molar refractivity (Wildman–Crippen MR) is 99.8 cm³/mol. The Labute approximate surface area is 159 Å². The second-order valence-corrected chi connectivity index (χ2v) is 6.57. The molecule has 0 aliphatic heterocycles. The van der Waals surface area contributed by atoms with Crippen molar-refractivity contribution in [2.45, 2.75) is 19.8 Å². The van der Waals surface area contributed by atoms with E-state index in [1.165, 1.54) is 33.5 Å². The largest absolute Gasteiger partial charge is 0.596 e. The molecule has 0 fully saturated rings. The Bertz CT molecular complexity index is 767. The molecule has 27 heavy (non-hydrogen) atoms. The van der Waals surface area contributed by atoms with Crippen molar-refractivity contribution in [2.75, 3.05) is 21.3 Å². The second-order valence-electron chi connectivity index (χ2n) is 5.44. The van der Waals surface area contributed by atoms with Crippen LogP contribution >= 0.6 is 8.03 Å². The fourth-order valence-corrected chi connectivity index (χ4v) is 3.14. The number of carbonyl (C=O) groups excluding carboxylic acids is 1. The molecule has 7 nitrogen and oxygen atoms in total. The summed E-state index contributed by atoms with van der Waals surface area (Å²) in [7, 11) is 1.55. The first-order valence-electron chi connectivity index (χ1n) is 8.14. The molecule has 0 radical (unpaired) electrons. The van der Waals surface area contributed by atoms with Gasteiger partial charge in [0.05, 0.1) is 27.9 Å². The quantitative estimate of drug-likeness (QED) is 0.443. The second kappa shape index (κ2) is 10.0. The van der Waals surface area contributed by atoms with E-state index in [4.69, 9.17) is 23.5 Å². The summed E-state index contributed by atoms with van der Waals surface area (Å²) in [6.45, 7) is 1.85. The first-order chi connectivity index (χ1) is 13.0. The monoisotopic (exact) mass is 393 g/mol. The van der Waals surface area contributed by atoms with Crippen molar-refractivity contribution in [2.24, 2.45) is 0 Å². The van der Waals surface area contributed by atoms with Gasteiger partial charge in [-0.05, 0) is 17.1 Å². The molecule has 2 aromatic carbocycles. The number of benzene rings is 2. The van der Waals surface area contributed by atoms with E-state index in [0.717, 1.165) is 5.56 Å². The van der Waals surface area contributed by atoms with Gasteiger partial charge in [-0.25, -0.2) is 4.79 Å². The van der Waals surface area contributed by atoms with Crippen molar-refractivity contribution in [1.29, 1.82) is 0 Å². The number of hydrogen-bond donors (Lipinski definition) is 0. The molecule has 0 heterocycles. The van der Waals surface area contributed by atoms with Crippen molar-refractivity contribution >= 4 is 13.6 Å². The maximum atomic E-state index is 12.6. The molecule has 2 aromatic rings. The van der Waals surface area contributed by atoms with Crippen molar-refractivity contribution in [3.63, 3.8) is 0 Å². The molecule has 2 rings (SSSR count). The van der Waals surface area contributed by atoms with E-state index < -0.39 is 19.8 Å². The van der Waals surface area contributed by atoms with E-state index in [0.29, 0.717) is 5.75 Å². The molecule has 0 saturated carbocycles. The summed E-state index contributed by atoms with van der Waals surface area (Å²) < 4.78 is 38.7. The molecular weight excluding hydrogens is 371 g/mol. The van der Waals surface area contributed by atoms with E-state index in [1.807, 2.05) is 30.3 Å². The van der Waals surface area contributed by atoms with Gasteiger partial charge in [-0.1, -0.05) is 30.3 Å². The molecule has 0 saturated heterocycles. The average molecular weight is 393 g/mol. The highest BCUT2D eigenvalue weighted by atomic mass is 31.1. The lowest BCUT2D eigenvalue weighted by Gasteiger charge is -2.11. The summed E-state index contributed by atoms with van der Waals surface area (Å²) in [5.74, 6) is 0.804. The van der Waals surface area contributed by atoms with Crippen LogP contribution in [-0.2, 0) is 20.4 Å². The van der Waals surface area contributed by atoms with Crippen LogP contribution in [0.15, 0.2) is 42.5 Å². The van der Waals surface area contributed by atoms with Crippen LogP contribution in [0.4, 0.5) is 0 Å². The lowest BCUT2D eigenvalue weighted by Crippen LogP contribution is -2.11. The van der Waals surface area contributed by atoms with Crippen molar-refractivity contribution in [3.05, 3.63) is 53.6 Å². The number of ether oxygens (including phenoxy) is 4. The van der Waals surface area contributed by atoms with E-state index in [9.17, 15) is 9.36 Å². The molecule has 0 amide bonds. The summed E-state index contributed by atoms with van der Waals surface area (Å²) in [5.41, 5.74) is 0.210. The fourth-order valence-electron chi connectivity index (χ4n) is 2.31. The molecular formula is C19H22O7P+. The Morgan fingerprint density at radius 2 is 1.59 bits per heavy atom. The van der Waals surface area contributed by atoms with Crippen LogP contribution in [0.2, 0.25) is 0 Å². The van der Waals surface area contributed by atoms with Crippen LogP contribution in [0.5, 0.6) is 17.2 Å². The summed E-state index contributed by atoms with van der Waals surface area (Å²) in [4.78, 5) is 12.6. The van der Waals surface area contributed by atoms with E-state index in [2.05, 4.69) is 0 Å². The molecule has 0 aliphatic rings. The molecule has 0 aliphatic carbocycles. The Hall–Kier alpha value is -2.47. The molecule has 8 heteroatoms. The Morgan fingerprint density at radius 1 is 1.00 bits per heavy atom. The van der Waals surface area contributed by atoms with Gasteiger partial charge in [0, 0.05) is 12.1 Å². The van der Waals surface area contributed by atoms with Crippen LogP contribution in [0.25, 0.3) is 0 Å². The van der Waals surface area contributed by atoms with Crippen LogP contribution in [0.3, 0.4) is 0 Å². The lowest BCUT2D eigenvalue weighted by atomic mass is 10.2. The standard InChI is InChI=1S/C19H22O7P/c1-13(25-12-14-8-6-5-7-9-14)26-27(21)19(20)18-16(23-3)10-15(22-2)11-17(18)24-4/h5-11,13H,12H2,1-4H3/q+1. The van der Waals surface area contributed by atoms with Crippen LogP contribution < -0.4 is 14.2 Å². The molecule has 144 valence electrons. The summed E-state index contributed by atoms with van der Waals surface area (Å²) >= 11 is 0. The topological polar surface area (TPSA) is 80.3 Å². The van der Waals surface area contributed by atoms with Crippen LogP contribution in [0.1, 0.15) is 22.8 Å². The molecule has 0 bridgehead atoms. The van der Waals surface area contributed by atoms with Crippen LogP contribution in [-0.4, -0.2) is 33.1 Å². The van der Waals surface area contributed by atoms with Gasteiger partial charge in [-0.2, -0.15) is 0 Å². The van der Waals surface area contributed by atoms with Crippen molar-refractivity contribution in [1.82, 2.24) is 0 Å². The highest BCUT2D eigenvalue weighted by molar-refractivity contribution is 7.60. The van der Waals surface area contributed by atoms with Crippen molar-refractivity contribution in [3.8, 4) is 17.2 Å². The Balaban J connectivity index is 2.09. The Morgan fingerprint density at radius 3 is 2.11 bits per heavy atom. The number of carbonyl (C=O) groups is 1. The molecule has 0 aromatic heterocycles. The normalized spacial score (nSPS) is 12.2. The smallest absolute Gasteiger partial charge is 0.496 e. The zero-order chi connectivity index (χ0) is 19.8. The molecule has 0 spiro atoms. The zero-order valence-electron chi connectivity index (χ0n) is 15.6. The summed E-state index contributed by atoms with van der Waals surface area (Å²) in [6.07, 6.45) is -0.840. The lowest BCUT2D eigenvalue weighted by molar-refractivity contribution is -0.0711. The Kier molecular flexibility index (Phi) is 7.73. The first-order valence-corrected chi connectivity index (χ1v) is 9.31. The minimum absolute atomic E-state index is 0.0252. The van der Waals surface area contributed by atoms with Gasteiger partial charge in [-0.3, -0.25) is 0 Å². The maximum Gasteiger partial charge on any atom is 0.596 e. The van der Waals surface area contributed by atoms with Gasteiger partial charge < -0.3 is 18.9 Å². The third kappa shape index (κ3) is 5.50. The van der Waals surface area contributed by atoms with Gasteiger partial charge >= 0.3 is 13.6 Å². The maximum absolute atomic E-state index is 12.6. The van der Waals surface area contributed by atoms with Gasteiger partial charge in [0.15, 0.2) is 5.56 Å². The highest BCUT2D eigenvalue weighted by Gasteiger charge is 2.40. The first kappa shape index (κ1) is 20.8. The van der Waals surface area contributed by atoms with E-state index >= 15 is 0 Å². The molecule has 0 N–H and O–H groups in total. The van der Waals surface area contributed by atoms with Crippen molar-refractivity contribution < 1.29 is 32.8 Å². The summed E-state index contributed by atoms with van der Waals surface area (Å²) in [6, 6.07) is 12.5. The van der Waals surface area contributed by atoms with E-state index in [1.54, 1.807) is 6.92 Å². The molecule has 2 unspecified atom stereocenters. The third-order valence-electron chi connectivity index (χ3n) is 3.67. The van der Waals surface area contributed by atoms with Gasteiger partial charge in [-0.15, -0.1) is 4.52 Å². The van der Waals surface area contributed by atoms with Gasteiger partial charge in [0.25, 0.3) is 0 Å². The minimum atomic E-state index is -2.71. The van der Waals surface area contributed by atoms with Crippen LogP contribution in [0, 0.1) is 0 Å². The highest BCUT2D eigenvalue weighted by Crippen LogP contribution is 2.41. The minimum Gasteiger partial charge on any atom is -0.496 e. The number of methoxy groups -OCH3 is 3. The predicted octanol–water partition coefficient (Wildman–Crippen LogP) is 4.17. The summed E-state index contributed by atoms with van der Waals surface area (Å²) in [5, 5.41) is 0. The SMILES string of the molecule is COc1cc(OC)c(C(=O)[P+](=O)OC(C)OCc2ccccc2)c(OC)c1. The van der Waals surface area contributed by atoms with Gasteiger partial charge in [0.1, 0.15) is 17.2 Å². The zero-order valence-corrected chi connectivity index (χ0v) is 16.5. The van der Waals surface area contributed by atoms with Gasteiger partial charge in [0.2, 0.25) is 6.29 Å². The third-order valence-corrected chi connectivity index (χ3v) is 4.71.